The summed E-state index contributed by atoms with van der Waals surface area (Å²) in [4.78, 5) is 0. The summed E-state index contributed by atoms with van der Waals surface area (Å²) in [6.07, 6.45) is 6.60. The number of benzene rings is 1. The van der Waals surface area contributed by atoms with Crippen molar-refractivity contribution >= 4 is 11.6 Å². The minimum Gasteiger partial charge on any atom is -0.204 e. The average molecular weight is 297 g/mol. The van der Waals surface area contributed by atoms with E-state index in [0.717, 1.165) is 17.4 Å². The van der Waals surface area contributed by atoms with E-state index in [1.807, 2.05) is 0 Å². The van der Waals surface area contributed by atoms with Gasteiger partial charge in [0.05, 0.1) is 5.38 Å². The smallest absolute Gasteiger partial charge is 0.159 e. The molecule has 4 fully saturated rings. The zero-order valence-corrected chi connectivity index (χ0v) is 12.1. The van der Waals surface area contributed by atoms with Crippen molar-refractivity contribution in [1.82, 2.24) is 0 Å². The van der Waals surface area contributed by atoms with Crippen molar-refractivity contribution in [2.45, 2.75) is 37.5 Å². The maximum atomic E-state index is 13.4. The zero-order valence-electron chi connectivity index (χ0n) is 11.4. The highest BCUT2D eigenvalue weighted by Gasteiger charge is 2.50. The molecule has 0 saturated heterocycles. The van der Waals surface area contributed by atoms with Gasteiger partial charge in [0.1, 0.15) is 0 Å². The first kappa shape index (κ1) is 13.1. The van der Waals surface area contributed by atoms with E-state index < -0.39 is 11.6 Å². The van der Waals surface area contributed by atoms with Crippen LogP contribution >= 0.6 is 11.6 Å². The SMILES string of the molecule is Fc1ccc(C(Cl)C2C3CC4CC(C3)CC2C4)cc1F. The van der Waals surface area contributed by atoms with Gasteiger partial charge in [-0.1, -0.05) is 6.07 Å². The fourth-order valence-electron chi connectivity index (χ4n) is 5.35. The number of hydrogen-bond acceptors (Lipinski definition) is 0. The lowest BCUT2D eigenvalue weighted by molar-refractivity contribution is -0.0381. The lowest BCUT2D eigenvalue weighted by Crippen LogP contribution is -2.46. The minimum atomic E-state index is -0.789. The standard InChI is InChI=1S/C17H19ClF2/c18-17(11-1-2-14(19)15(20)8-11)16-12-4-9-3-10(6-12)7-13(16)5-9/h1-2,8-10,12-13,16-17H,3-7H2. The van der Waals surface area contributed by atoms with Crippen LogP contribution in [-0.2, 0) is 0 Å². The molecule has 0 spiro atoms. The maximum absolute atomic E-state index is 13.4. The second-order valence-corrected chi connectivity index (χ2v) is 7.55. The first-order chi connectivity index (χ1) is 9.61. The van der Waals surface area contributed by atoms with Gasteiger partial charge in [0.2, 0.25) is 0 Å². The molecule has 4 bridgehead atoms. The summed E-state index contributed by atoms with van der Waals surface area (Å²) >= 11 is 6.69. The van der Waals surface area contributed by atoms with Gasteiger partial charge >= 0.3 is 0 Å². The van der Waals surface area contributed by atoms with Crippen LogP contribution in [0.4, 0.5) is 8.78 Å². The van der Waals surface area contributed by atoms with Gasteiger partial charge in [-0.15, -0.1) is 11.6 Å². The summed E-state index contributed by atoms with van der Waals surface area (Å²) in [7, 11) is 0. The molecule has 0 amide bonds. The molecule has 0 N–H and O–H groups in total. The van der Waals surface area contributed by atoms with E-state index in [2.05, 4.69) is 0 Å². The summed E-state index contributed by atoms with van der Waals surface area (Å²) in [6, 6.07) is 4.15. The van der Waals surface area contributed by atoms with Gasteiger partial charge in [0, 0.05) is 0 Å². The normalized spacial score (nSPS) is 40.0. The molecule has 0 aromatic heterocycles. The van der Waals surface area contributed by atoms with Gasteiger partial charge in [-0.2, -0.15) is 0 Å². The first-order valence-corrected chi connectivity index (χ1v) is 8.14. The average Bonchev–Trinajstić information content (AvgIpc) is 2.40. The fraction of sp³-hybridized carbons (Fsp3) is 0.647. The second kappa shape index (κ2) is 4.69. The molecular weight excluding hydrogens is 278 g/mol. The van der Waals surface area contributed by atoms with Crippen LogP contribution in [0.15, 0.2) is 18.2 Å². The molecule has 0 aliphatic heterocycles. The summed E-state index contributed by atoms with van der Waals surface area (Å²) in [5.41, 5.74) is 0.753. The highest BCUT2D eigenvalue weighted by molar-refractivity contribution is 6.21. The lowest BCUT2D eigenvalue weighted by atomic mass is 9.51. The van der Waals surface area contributed by atoms with Crippen LogP contribution in [0.25, 0.3) is 0 Å². The van der Waals surface area contributed by atoms with Crippen LogP contribution in [0.5, 0.6) is 0 Å². The molecule has 0 nitrogen and oxygen atoms in total. The summed E-state index contributed by atoms with van der Waals surface area (Å²) < 4.78 is 26.5. The van der Waals surface area contributed by atoms with Crippen LogP contribution in [0, 0.1) is 41.2 Å². The van der Waals surface area contributed by atoms with E-state index in [0.29, 0.717) is 17.8 Å². The largest absolute Gasteiger partial charge is 0.204 e. The Morgan fingerprint density at radius 1 is 0.900 bits per heavy atom. The van der Waals surface area contributed by atoms with E-state index in [1.165, 1.54) is 44.2 Å². The van der Waals surface area contributed by atoms with Crippen molar-refractivity contribution in [2.24, 2.45) is 29.6 Å². The quantitative estimate of drug-likeness (QED) is 0.648. The lowest BCUT2D eigenvalue weighted by Gasteiger charge is -2.55. The summed E-state index contributed by atoms with van der Waals surface area (Å²) in [5, 5.41) is -0.167. The van der Waals surface area contributed by atoms with Crippen LogP contribution < -0.4 is 0 Å². The van der Waals surface area contributed by atoms with Crippen molar-refractivity contribution < 1.29 is 8.78 Å². The molecule has 1 aromatic carbocycles. The molecule has 1 aromatic rings. The Kier molecular flexibility index (Phi) is 3.06. The molecule has 4 aliphatic carbocycles. The summed E-state index contributed by atoms with van der Waals surface area (Å²) in [5.74, 6) is 2.09. The summed E-state index contributed by atoms with van der Waals surface area (Å²) in [6.45, 7) is 0. The Morgan fingerprint density at radius 2 is 1.50 bits per heavy atom. The highest BCUT2D eigenvalue weighted by Crippen LogP contribution is 2.60. The number of rotatable bonds is 2. The van der Waals surface area contributed by atoms with Gasteiger partial charge in [-0.25, -0.2) is 8.78 Å². The van der Waals surface area contributed by atoms with Gasteiger partial charge in [0.15, 0.2) is 11.6 Å². The Balaban J connectivity index is 1.62. The predicted octanol–water partition coefficient (Wildman–Crippen LogP) is 5.32. The molecule has 0 radical (unpaired) electrons. The van der Waals surface area contributed by atoms with Gasteiger partial charge in [-0.3, -0.25) is 0 Å². The molecule has 0 heterocycles. The van der Waals surface area contributed by atoms with Crippen LogP contribution in [0.3, 0.4) is 0 Å². The Bertz CT molecular complexity index is 500. The number of alkyl halides is 1. The van der Waals surface area contributed by atoms with Crippen LogP contribution in [0.1, 0.15) is 43.0 Å². The number of hydrogen-bond donors (Lipinski definition) is 0. The van der Waals surface area contributed by atoms with Crippen molar-refractivity contribution in [1.29, 1.82) is 0 Å². The molecule has 5 rings (SSSR count). The Labute approximate surface area is 123 Å². The van der Waals surface area contributed by atoms with E-state index in [1.54, 1.807) is 6.07 Å². The molecule has 4 saturated carbocycles. The third-order valence-corrected chi connectivity index (χ3v) is 6.44. The topological polar surface area (TPSA) is 0 Å². The van der Waals surface area contributed by atoms with E-state index in [-0.39, 0.29) is 5.38 Å². The third kappa shape index (κ3) is 1.99. The molecule has 3 heteroatoms. The second-order valence-electron chi connectivity index (χ2n) is 7.08. The molecule has 1 unspecified atom stereocenters. The van der Waals surface area contributed by atoms with Crippen molar-refractivity contribution in [3.8, 4) is 0 Å². The van der Waals surface area contributed by atoms with Crippen LogP contribution in [0.2, 0.25) is 0 Å². The minimum absolute atomic E-state index is 0.167. The number of halogens is 3. The van der Waals surface area contributed by atoms with Crippen molar-refractivity contribution in [3.63, 3.8) is 0 Å². The van der Waals surface area contributed by atoms with E-state index in [4.69, 9.17) is 11.6 Å². The molecule has 20 heavy (non-hydrogen) atoms. The molecular formula is C17H19ClF2. The Morgan fingerprint density at radius 3 is 2.05 bits per heavy atom. The van der Waals surface area contributed by atoms with Gasteiger partial charge in [0.25, 0.3) is 0 Å². The fourth-order valence-corrected chi connectivity index (χ4v) is 5.90. The molecule has 1 atom stereocenters. The highest BCUT2D eigenvalue weighted by atomic mass is 35.5. The van der Waals surface area contributed by atoms with Crippen molar-refractivity contribution in [2.75, 3.05) is 0 Å². The van der Waals surface area contributed by atoms with Crippen molar-refractivity contribution in [3.05, 3.63) is 35.4 Å². The van der Waals surface area contributed by atoms with Gasteiger partial charge < -0.3 is 0 Å². The Hall–Kier alpha value is -0.630. The monoisotopic (exact) mass is 296 g/mol. The van der Waals surface area contributed by atoms with Crippen LogP contribution in [-0.4, -0.2) is 0 Å². The molecule has 4 aliphatic rings. The van der Waals surface area contributed by atoms with Gasteiger partial charge in [-0.05, 0) is 79.4 Å². The van der Waals surface area contributed by atoms with E-state index >= 15 is 0 Å². The zero-order chi connectivity index (χ0) is 13.9. The third-order valence-electron chi connectivity index (χ3n) is 5.90. The van der Waals surface area contributed by atoms with E-state index in [9.17, 15) is 8.78 Å². The molecule has 108 valence electrons. The first-order valence-electron chi connectivity index (χ1n) is 7.71. The predicted molar refractivity (Wildman–Crippen MR) is 75.5 cm³/mol. The maximum Gasteiger partial charge on any atom is 0.159 e.